The number of hydrogen-bond donors (Lipinski definition) is 0. The lowest BCUT2D eigenvalue weighted by molar-refractivity contribution is 1.18. The van der Waals surface area contributed by atoms with Crippen molar-refractivity contribution in [3.8, 4) is 11.4 Å². The van der Waals surface area contributed by atoms with Crippen molar-refractivity contribution in [2.24, 2.45) is 0 Å². The van der Waals surface area contributed by atoms with Crippen molar-refractivity contribution < 1.29 is 0 Å². The first-order valence-electron chi connectivity index (χ1n) is 15.5. The van der Waals surface area contributed by atoms with Crippen molar-refractivity contribution in [3.05, 3.63) is 152 Å². The van der Waals surface area contributed by atoms with E-state index in [2.05, 4.69) is 165 Å². The maximum Gasteiger partial charge on any atom is 0.0620 e. The van der Waals surface area contributed by atoms with Crippen molar-refractivity contribution in [2.45, 2.75) is 0 Å². The molecule has 0 aliphatic heterocycles. The van der Waals surface area contributed by atoms with E-state index in [1.807, 2.05) is 0 Å². The molecule has 208 valence electrons. The molecule has 45 heavy (non-hydrogen) atoms. The maximum atomic E-state index is 2.53. The Hall–Kier alpha value is -6.06. The minimum atomic E-state index is 1.18. The molecule has 0 spiro atoms. The van der Waals surface area contributed by atoms with E-state index in [9.17, 15) is 0 Å². The zero-order valence-electron chi connectivity index (χ0n) is 24.3. The van der Waals surface area contributed by atoms with Crippen LogP contribution >= 0.6 is 0 Å². The Morgan fingerprint density at radius 2 is 0.644 bits per heavy atom. The maximum absolute atomic E-state index is 2.53. The molecular weight excluding hydrogens is 546 g/mol. The predicted octanol–water partition coefficient (Wildman–Crippen LogP) is 11.0. The van der Waals surface area contributed by atoms with Gasteiger partial charge in [-0.1, -0.05) is 91.0 Å². The molecule has 0 amide bonds. The highest BCUT2D eigenvalue weighted by molar-refractivity contribution is 6.28. The van der Waals surface area contributed by atoms with Gasteiger partial charge in [-0.2, -0.15) is 0 Å². The summed E-state index contributed by atoms with van der Waals surface area (Å²) < 4.78 is 7.36. The summed E-state index contributed by atoms with van der Waals surface area (Å²) in [6, 6.07) is 55.6. The quantitative estimate of drug-likeness (QED) is 0.196. The molecule has 0 N–H and O–H groups in total. The molecule has 0 fully saturated rings. The average Bonchev–Trinajstić information content (AvgIpc) is 3.81. The summed E-state index contributed by atoms with van der Waals surface area (Å²) in [6.45, 7) is 0. The van der Waals surface area contributed by atoms with Crippen molar-refractivity contribution in [3.63, 3.8) is 0 Å². The molecule has 4 aromatic heterocycles. The highest BCUT2D eigenvalue weighted by Gasteiger charge is 2.22. The van der Waals surface area contributed by atoms with Crippen molar-refractivity contribution in [1.82, 2.24) is 13.5 Å². The molecule has 11 rings (SSSR count). The summed E-state index contributed by atoms with van der Waals surface area (Å²) in [7, 11) is 0. The SMILES string of the molecule is c1ccc(-n2c3ccccc3c3cc4c(cc32)c2cccc3c5cc6c(cc5n4c23)c2ccccc2n6-c2ccccc2)cc1. The number of aromatic nitrogens is 3. The van der Waals surface area contributed by atoms with Crippen LogP contribution in [0, 0.1) is 0 Å². The van der Waals surface area contributed by atoms with Gasteiger partial charge in [-0.15, -0.1) is 0 Å². The average molecular weight is 572 g/mol. The first-order valence-corrected chi connectivity index (χ1v) is 15.5. The van der Waals surface area contributed by atoms with E-state index in [0.717, 1.165) is 0 Å². The minimum absolute atomic E-state index is 1.18. The molecule has 0 unspecified atom stereocenters. The van der Waals surface area contributed by atoms with E-state index in [4.69, 9.17) is 0 Å². The van der Waals surface area contributed by atoms with Gasteiger partial charge in [0.25, 0.3) is 0 Å². The summed E-state index contributed by atoms with van der Waals surface area (Å²) in [5.74, 6) is 0. The summed E-state index contributed by atoms with van der Waals surface area (Å²) in [6.07, 6.45) is 0. The Bertz CT molecular complexity index is 2760. The molecule has 4 heterocycles. The summed E-state index contributed by atoms with van der Waals surface area (Å²) in [5, 5.41) is 10.3. The van der Waals surface area contributed by atoms with Crippen molar-refractivity contribution >= 4 is 81.7 Å². The Morgan fingerprint density at radius 1 is 0.267 bits per heavy atom. The van der Waals surface area contributed by atoms with Gasteiger partial charge in [0.05, 0.1) is 38.6 Å². The van der Waals surface area contributed by atoms with Crippen LogP contribution < -0.4 is 0 Å². The topological polar surface area (TPSA) is 14.3 Å². The number of rotatable bonds is 2. The Labute approximate surface area is 257 Å². The van der Waals surface area contributed by atoms with Crippen LogP contribution in [0.3, 0.4) is 0 Å². The Morgan fingerprint density at radius 3 is 1.13 bits per heavy atom. The van der Waals surface area contributed by atoms with E-state index >= 15 is 0 Å². The number of nitrogens with zero attached hydrogens (tertiary/aromatic N) is 3. The van der Waals surface area contributed by atoms with Crippen molar-refractivity contribution in [2.75, 3.05) is 0 Å². The van der Waals surface area contributed by atoms with Crippen LogP contribution in [0.2, 0.25) is 0 Å². The number of para-hydroxylation sites is 5. The Kier molecular flexibility index (Phi) is 4.32. The molecule has 7 aromatic carbocycles. The highest BCUT2D eigenvalue weighted by atomic mass is 15.0. The Balaban J connectivity index is 1.33. The minimum Gasteiger partial charge on any atom is -0.309 e. The van der Waals surface area contributed by atoms with Gasteiger partial charge in [-0.3, -0.25) is 0 Å². The molecule has 0 saturated carbocycles. The molecule has 3 nitrogen and oxygen atoms in total. The van der Waals surface area contributed by atoms with Gasteiger partial charge in [-0.05, 0) is 60.7 Å². The summed E-state index contributed by atoms with van der Waals surface area (Å²) in [5.41, 5.74) is 11.1. The monoisotopic (exact) mass is 571 g/mol. The third kappa shape index (κ3) is 2.90. The fourth-order valence-corrected chi connectivity index (χ4v) is 8.11. The fraction of sp³-hybridized carbons (Fsp3) is 0. The molecule has 0 saturated heterocycles. The van der Waals surface area contributed by atoms with Gasteiger partial charge in [0.15, 0.2) is 0 Å². The second kappa shape index (κ2) is 8.31. The third-order valence-electron chi connectivity index (χ3n) is 9.93. The van der Waals surface area contributed by atoms with Gasteiger partial charge in [0.1, 0.15) is 0 Å². The molecule has 0 atom stereocenters. The zero-order chi connectivity index (χ0) is 29.2. The van der Waals surface area contributed by atoms with Gasteiger partial charge in [-0.25, -0.2) is 0 Å². The van der Waals surface area contributed by atoms with Crippen LogP contribution in [-0.4, -0.2) is 13.5 Å². The second-order valence-electron chi connectivity index (χ2n) is 12.2. The lowest BCUT2D eigenvalue weighted by atomic mass is 10.0. The van der Waals surface area contributed by atoms with Gasteiger partial charge in [0.2, 0.25) is 0 Å². The van der Waals surface area contributed by atoms with E-state index in [-0.39, 0.29) is 0 Å². The van der Waals surface area contributed by atoms with E-state index < -0.39 is 0 Å². The standard InChI is InChI=1S/C42H25N3/c1-3-12-26(13-4-1)43-36-20-9-7-16-28(36)32-22-40-34(24-38(32)43)30-18-11-19-31-35-25-39-33(23-41(35)45(40)42(30)31)29-17-8-10-21-37(29)44(39)27-14-5-2-6-15-27/h1-25H. The number of hydrogen-bond acceptors (Lipinski definition) is 0. The molecule has 0 aliphatic carbocycles. The van der Waals surface area contributed by atoms with Gasteiger partial charge in [0, 0.05) is 54.5 Å². The lowest BCUT2D eigenvalue weighted by Crippen LogP contribution is -1.93. The normalized spacial score (nSPS) is 12.4. The van der Waals surface area contributed by atoms with E-state index in [1.165, 1.54) is 93.1 Å². The predicted molar refractivity (Wildman–Crippen MR) is 190 cm³/mol. The third-order valence-corrected chi connectivity index (χ3v) is 9.93. The molecule has 0 radical (unpaired) electrons. The van der Waals surface area contributed by atoms with Gasteiger partial charge >= 0.3 is 0 Å². The molecular formula is C42H25N3. The summed E-state index contributed by atoms with van der Waals surface area (Å²) >= 11 is 0. The smallest absolute Gasteiger partial charge is 0.0620 e. The molecule has 3 heteroatoms. The largest absolute Gasteiger partial charge is 0.309 e. The molecule has 0 aliphatic rings. The van der Waals surface area contributed by atoms with Crippen molar-refractivity contribution in [1.29, 1.82) is 0 Å². The first-order chi connectivity index (χ1) is 22.3. The van der Waals surface area contributed by atoms with Crippen LogP contribution in [0.25, 0.3) is 93.1 Å². The first kappa shape index (κ1) is 23.4. The van der Waals surface area contributed by atoms with E-state index in [1.54, 1.807) is 0 Å². The molecule has 11 aromatic rings. The van der Waals surface area contributed by atoms with Gasteiger partial charge < -0.3 is 13.5 Å². The van der Waals surface area contributed by atoms with Crippen LogP contribution in [0.1, 0.15) is 0 Å². The second-order valence-corrected chi connectivity index (χ2v) is 12.2. The van der Waals surface area contributed by atoms with Crippen LogP contribution in [0.5, 0.6) is 0 Å². The van der Waals surface area contributed by atoms with Crippen LogP contribution in [0.15, 0.2) is 152 Å². The fourth-order valence-electron chi connectivity index (χ4n) is 8.11. The van der Waals surface area contributed by atoms with E-state index in [0.29, 0.717) is 0 Å². The van der Waals surface area contributed by atoms with Crippen LogP contribution in [0.4, 0.5) is 0 Å². The number of benzene rings is 7. The summed E-state index contributed by atoms with van der Waals surface area (Å²) in [4.78, 5) is 0. The van der Waals surface area contributed by atoms with Crippen LogP contribution in [-0.2, 0) is 0 Å². The molecule has 0 bridgehead atoms. The highest BCUT2D eigenvalue weighted by Crippen LogP contribution is 2.44. The zero-order valence-corrected chi connectivity index (χ0v) is 24.3. The lowest BCUT2D eigenvalue weighted by Gasteiger charge is -2.08. The number of fused-ring (bicyclic) bond motifs is 12.